The third-order valence-corrected chi connectivity index (χ3v) is 2.96. The Kier molecular flexibility index (Phi) is 3.65. The Hall–Kier alpha value is -2.57. The van der Waals surface area contributed by atoms with Crippen LogP contribution >= 0.6 is 0 Å². The van der Waals surface area contributed by atoms with Crippen LogP contribution in [0, 0.1) is 11.3 Å². The second-order valence-electron chi connectivity index (χ2n) is 4.31. The number of hydrogen-bond donors (Lipinski definition) is 2. The Morgan fingerprint density at radius 3 is 2.26 bits per heavy atom. The first-order chi connectivity index (χ1) is 9.15. The van der Waals surface area contributed by atoms with Crippen LogP contribution in [0.1, 0.15) is 11.1 Å². The molecule has 0 aliphatic rings. The van der Waals surface area contributed by atoms with E-state index in [9.17, 15) is 5.26 Å². The topological polar surface area (TPSA) is 75.8 Å². The molecule has 0 spiro atoms. The zero-order chi connectivity index (χ0) is 13.7. The van der Waals surface area contributed by atoms with E-state index in [-0.39, 0.29) is 0 Å². The summed E-state index contributed by atoms with van der Waals surface area (Å²) in [5.41, 5.74) is 13.1. The van der Waals surface area contributed by atoms with Gasteiger partial charge in [-0.15, -0.1) is 0 Å². The Morgan fingerprint density at radius 1 is 1.00 bits per heavy atom. The summed E-state index contributed by atoms with van der Waals surface area (Å²) in [6.07, 6.45) is 3.46. The molecule has 0 amide bonds. The molecule has 3 heteroatoms. The third kappa shape index (κ3) is 2.82. The first kappa shape index (κ1) is 12.9. The molecular weight excluding hydrogens is 234 g/mol. The van der Waals surface area contributed by atoms with Gasteiger partial charge in [-0.2, -0.15) is 5.26 Å². The van der Waals surface area contributed by atoms with Crippen molar-refractivity contribution in [3.63, 3.8) is 0 Å². The molecule has 2 aromatic carbocycles. The van der Waals surface area contributed by atoms with Crippen LogP contribution in [0.2, 0.25) is 0 Å². The van der Waals surface area contributed by atoms with Gasteiger partial charge in [-0.05, 0) is 23.3 Å². The number of nitrogens with two attached hydrogens (primary N) is 2. The molecule has 19 heavy (non-hydrogen) atoms. The average Bonchev–Trinajstić information content (AvgIpc) is 2.47. The molecule has 2 aromatic rings. The number of hydrogen-bond acceptors (Lipinski definition) is 3. The third-order valence-electron chi connectivity index (χ3n) is 2.96. The molecule has 94 valence electrons. The second kappa shape index (κ2) is 5.38. The maximum atomic E-state index is 9.33. The first-order valence-electron chi connectivity index (χ1n) is 5.95. The first-order valence-corrected chi connectivity index (χ1v) is 5.95. The Balaban J connectivity index is 2.35. The highest BCUT2D eigenvalue weighted by molar-refractivity contribution is 5.65. The van der Waals surface area contributed by atoms with Crippen molar-refractivity contribution in [3.8, 4) is 6.07 Å². The summed E-state index contributed by atoms with van der Waals surface area (Å²) in [4.78, 5) is 0. The van der Waals surface area contributed by atoms with E-state index in [4.69, 9.17) is 11.5 Å². The SMILES string of the molecule is N#CC(N)(C=Cc1ccccc1N)c1ccccc1. The monoisotopic (exact) mass is 249 g/mol. The molecule has 0 saturated carbocycles. The maximum absolute atomic E-state index is 9.33. The van der Waals surface area contributed by atoms with Crippen molar-refractivity contribution in [2.24, 2.45) is 5.73 Å². The number of anilines is 1. The molecule has 1 unspecified atom stereocenters. The van der Waals surface area contributed by atoms with Crippen molar-refractivity contribution in [1.82, 2.24) is 0 Å². The van der Waals surface area contributed by atoms with E-state index in [1.165, 1.54) is 0 Å². The van der Waals surface area contributed by atoms with Crippen molar-refractivity contribution < 1.29 is 0 Å². The lowest BCUT2D eigenvalue weighted by Gasteiger charge is -2.17. The zero-order valence-corrected chi connectivity index (χ0v) is 10.5. The fourth-order valence-corrected chi connectivity index (χ4v) is 1.80. The molecule has 1 atom stereocenters. The molecule has 3 nitrogen and oxygen atoms in total. The van der Waals surface area contributed by atoms with Gasteiger partial charge in [-0.1, -0.05) is 54.6 Å². The number of para-hydroxylation sites is 1. The van der Waals surface area contributed by atoms with E-state index in [1.807, 2.05) is 54.6 Å². The van der Waals surface area contributed by atoms with E-state index in [0.29, 0.717) is 5.69 Å². The second-order valence-corrected chi connectivity index (χ2v) is 4.31. The lowest BCUT2D eigenvalue weighted by atomic mass is 9.91. The van der Waals surface area contributed by atoms with Crippen LogP contribution in [-0.4, -0.2) is 0 Å². The van der Waals surface area contributed by atoms with Crippen LogP contribution in [0.25, 0.3) is 6.08 Å². The van der Waals surface area contributed by atoms with Gasteiger partial charge in [-0.25, -0.2) is 0 Å². The minimum atomic E-state index is -1.15. The van der Waals surface area contributed by atoms with Crippen LogP contribution in [0.3, 0.4) is 0 Å². The molecular formula is C16H15N3. The fourth-order valence-electron chi connectivity index (χ4n) is 1.80. The number of nitrogens with zero attached hydrogens (tertiary/aromatic N) is 1. The van der Waals surface area contributed by atoms with Crippen molar-refractivity contribution in [2.45, 2.75) is 5.54 Å². The molecule has 0 aliphatic heterocycles. The minimum Gasteiger partial charge on any atom is -0.398 e. The van der Waals surface area contributed by atoms with Crippen molar-refractivity contribution in [3.05, 3.63) is 71.8 Å². The predicted molar refractivity (Wildman–Crippen MR) is 77.8 cm³/mol. The molecule has 0 radical (unpaired) electrons. The molecule has 2 rings (SSSR count). The van der Waals surface area contributed by atoms with Crippen molar-refractivity contribution in [2.75, 3.05) is 5.73 Å². The summed E-state index contributed by atoms with van der Waals surface area (Å²) >= 11 is 0. The maximum Gasteiger partial charge on any atom is 0.148 e. The zero-order valence-electron chi connectivity index (χ0n) is 10.5. The molecule has 0 fully saturated rings. The summed E-state index contributed by atoms with van der Waals surface area (Å²) < 4.78 is 0. The number of rotatable bonds is 3. The smallest absolute Gasteiger partial charge is 0.148 e. The average molecular weight is 249 g/mol. The molecule has 0 aromatic heterocycles. The molecule has 0 saturated heterocycles. The Labute approximate surface area is 112 Å². The van der Waals surface area contributed by atoms with Crippen LogP contribution in [0.15, 0.2) is 60.7 Å². The molecule has 0 bridgehead atoms. The van der Waals surface area contributed by atoms with E-state index < -0.39 is 5.54 Å². The quantitative estimate of drug-likeness (QED) is 0.821. The van der Waals surface area contributed by atoms with Gasteiger partial charge in [-0.3, -0.25) is 0 Å². The normalized spacial score (nSPS) is 13.9. The van der Waals surface area contributed by atoms with Gasteiger partial charge in [0.25, 0.3) is 0 Å². The minimum absolute atomic E-state index is 0.659. The standard InChI is InChI=1S/C16H15N3/c17-12-16(19,14-7-2-1-3-8-14)11-10-13-6-4-5-9-15(13)18/h1-11H,18-19H2. The summed E-state index contributed by atoms with van der Waals surface area (Å²) in [7, 11) is 0. The Bertz CT molecular complexity index is 626. The highest BCUT2D eigenvalue weighted by Gasteiger charge is 2.23. The summed E-state index contributed by atoms with van der Waals surface area (Å²) in [6, 6.07) is 18.9. The summed E-state index contributed by atoms with van der Waals surface area (Å²) in [5, 5.41) is 9.33. The largest absolute Gasteiger partial charge is 0.398 e. The van der Waals surface area contributed by atoms with Gasteiger partial charge in [0.2, 0.25) is 0 Å². The van der Waals surface area contributed by atoms with Crippen LogP contribution in [0.5, 0.6) is 0 Å². The highest BCUT2D eigenvalue weighted by Crippen LogP contribution is 2.21. The van der Waals surface area contributed by atoms with E-state index >= 15 is 0 Å². The van der Waals surface area contributed by atoms with Crippen molar-refractivity contribution in [1.29, 1.82) is 5.26 Å². The predicted octanol–water partition coefficient (Wildman–Crippen LogP) is 2.66. The van der Waals surface area contributed by atoms with Gasteiger partial charge in [0.15, 0.2) is 0 Å². The number of nitrogen functional groups attached to an aromatic ring is 1. The summed E-state index contributed by atoms with van der Waals surface area (Å²) in [6.45, 7) is 0. The fraction of sp³-hybridized carbons (Fsp3) is 0.0625. The van der Waals surface area contributed by atoms with Crippen LogP contribution in [0.4, 0.5) is 5.69 Å². The van der Waals surface area contributed by atoms with E-state index in [0.717, 1.165) is 11.1 Å². The molecule has 0 heterocycles. The molecule has 0 aliphatic carbocycles. The highest BCUT2D eigenvalue weighted by atomic mass is 14.7. The lowest BCUT2D eigenvalue weighted by molar-refractivity contribution is 0.733. The van der Waals surface area contributed by atoms with E-state index in [1.54, 1.807) is 12.2 Å². The van der Waals surface area contributed by atoms with Gasteiger partial charge in [0.05, 0.1) is 6.07 Å². The number of nitriles is 1. The van der Waals surface area contributed by atoms with Crippen LogP contribution < -0.4 is 11.5 Å². The number of benzene rings is 2. The van der Waals surface area contributed by atoms with Gasteiger partial charge < -0.3 is 11.5 Å². The molecule has 4 N–H and O–H groups in total. The van der Waals surface area contributed by atoms with Crippen LogP contribution in [-0.2, 0) is 5.54 Å². The van der Waals surface area contributed by atoms with Gasteiger partial charge in [0, 0.05) is 5.69 Å². The Morgan fingerprint density at radius 2 is 1.63 bits per heavy atom. The van der Waals surface area contributed by atoms with Gasteiger partial charge >= 0.3 is 0 Å². The van der Waals surface area contributed by atoms with Crippen molar-refractivity contribution >= 4 is 11.8 Å². The van der Waals surface area contributed by atoms with E-state index in [2.05, 4.69) is 6.07 Å². The van der Waals surface area contributed by atoms with Gasteiger partial charge in [0.1, 0.15) is 5.54 Å². The summed E-state index contributed by atoms with van der Waals surface area (Å²) in [5.74, 6) is 0. The lowest BCUT2D eigenvalue weighted by Crippen LogP contribution is -2.32.